The number of nitrogens with zero attached hydrogens (tertiary/aromatic N) is 2. The predicted molar refractivity (Wildman–Crippen MR) is 75.7 cm³/mol. The van der Waals surface area contributed by atoms with E-state index in [0.29, 0.717) is 5.02 Å². The summed E-state index contributed by atoms with van der Waals surface area (Å²) in [6.07, 6.45) is 2.37. The van der Waals surface area contributed by atoms with Crippen LogP contribution in [0.5, 0.6) is 0 Å². The predicted octanol–water partition coefficient (Wildman–Crippen LogP) is 3.48. The van der Waals surface area contributed by atoms with Crippen LogP contribution in [0.3, 0.4) is 0 Å². The van der Waals surface area contributed by atoms with E-state index < -0.39 is 0 Å². The van der Waals surface area contributed by atoms with E-state index in [1.54, 1.807) is 0 Å². The van der Waals surface area contributed by atoms with Crippen molar-refractivity contribution in [3.8, 4) is 0 Å². The SMILES string of the molecule is CCc1c(NC)ncnc1Nc1ccccc1Cl. The number of halogens is 1. The van der Waals surface area contributed by atoms with Crippen molar-refractivity contribution in [3.05, 3.63) is 41.2 Å². The molecule has 0 amide bonds. The zero-order valence-electron chi connectivity index (χ0n) is 10.4. The first-order valence-corrected chi connectivity index (χ1v) is 6.17. The van der Waals surface area contributed by atoms with Gasteiger partial charge in [0.2, 0.25) is 0 Å². The monoisotopic (exact) mass is 262 g/mol. The summed E-state index contributed by atoms with van der Waals surface area (Å²) in [5.74, 6) is 1.62. The van der Waals surface area contributed by atoms with Gasteiger partial charge in [-0.25, -0.2) is 9.97 Å². The van der Waals surface area contributed by atoms with Crippen LogP contribution < -0.4 is 10.6 Å². The smallest absolute Gasteiger partial charge is 0.139 e. The van der Waals surface area contributed by atoms with Gasteiger partial charge in [0.1, 0.15) is 18.0 Å². The average Bonchev–Trinajstić information content (AvgIpc) is 2.41. The van der Waals surface area contributed by atoms with Crippen LogP contribution in [0.1, 0.15) is 12.5 Å². The highest BCUT2D eigenvalue weighted by Gasteiger charge is 2.09. The van der Waals surface area contributed by atoms with Crippen molar-refractivity contribution in [3.63, 3.8) is 0 Å². The molecule has 0 aliphatic heterocycles. The minimum Gasteiger partial charge on any atom is -0.373 e. The van der Waals surface area contributed by atoms with Crippen molar-refractivity contribution >= 4 is 28.9 Å². The van der Waals surface area contributed by atoms with Gasteiger partial charge in [-0.3, -0.25) is 0 Å². The molecule has 1 heterocycles. The van der Waals surface area contributed by atoms with Gasteiger partial charge in [-0.15, -0.1) is 0 Å². The van der Waals surface area contributed by atoms with Crippen LogP contribution in [0.15, 0.2) is 30.6 Å². The Balaban J connectivity index is 2.37. The maximum Gasteiger partial charge on any atom is 0.139 e. The van der Waals surface area contributed by atoms with Crippen LogP contribution in [0.2, 0.25) is 5.02 Å². The number of hydrogen-bond donors (Lipinski definition) is 2. The zero-order valence-corrected chi connectivity index (χ0v) is 11.1. The van der Waals surface area contributed by atoms with Gasteiger partial charge in [-0.05, 0) is 18.6 Å². The first kappa shape index (κ1) is 12.6. The Kier molecular flexibility index (Phi) is 3.99. The van der Waals surface area contributed by atoms with E-state index in [2.05, 4.69) is 27.5 Å². The molecule has 4 nitrogen and oxygen atoms in total. The van der Waals surface area contributed by atoms with E-state index in [0.717, 1.165) is 29.3 Å². The van der Waals surface area contributed by atoms with Gasteiger partial charge in [0.25, 0.3) is 0 Å². The second kappa shape index (κ2) is 5.69. The second-order valence-electron chi connectivity index (χ2n) is 3.76. The number of hydrogen-bond acceptors (Lipinski definition) is 4. The lowest BCUT2D eigenvalue weighted by molar-refractivity contribution is 1.05. The number of benzene rings is 1. The fourth-order valence-electron chi connectivity index (χ4n) is 1.76. The van der Waals surface area contributed by atoms with Crippen molar-refractivity contribution < 1.29 is 0 Å². The molecule has 1 aromatic carbocycles. The normalized spacial score (nSPS) is 10.2. The van der Waals surface area contributed by atoms with Crippen LogP contribution in [0.4, 0.5) is 17.3 Å². The molecular weight excluding hydrogens is 248 g/mol. The van der Waals surface area contributed by atoms with E-state index >= 15 is 0 Å². The molecule has 0 spiro atoms. The Morgan fingerprint density at radius 3 is 2.56 bits per heavy atom. The largest absolute Gasteiger partial charge is 0.373 e. The lowest BCUT2D eigenvalue weighted by Crippen LogP contribution is -2.05. The van der Waals surface area contributed by atoms with Gasteiger partial charge in [0.15, 0.2) is 0 Å². The van der Waals surface area contributed by atoms with Crippen molar-refractivity contribution in [1.29, 1.82) is 0 Å². The zero-order chi connectivity index (χ0) is 13.0. The molecule has 0 aliphatic carbocycles. The molecule has 0 radical (unpaired) electrons. The molecule has 0 fully saturated rings. The minimum absolute atomic E-state index is 0.671. The molecule has 2 N–H and O–H groups in total. The first-order chi connectivity index (χ1) is 8.76. The fraction of sp³-hybridized carbons (Fsp3) is 0.231. The summed E-state index contributed by atoms with van der Waals surface area (Å²) in [6, 6.07) is 7.59. The average molecular weight is 263 g/mol. The third-order valence-corrected chi connectivity index (χ3v) is 2.99. The summed E-state index contributed by atoms with van der Waals surface area (Å²) in [7, 11) is 1.85. The molecule has 94 valence electrons. The van der Waals surface area contributed by atoms with Crippen molar-refractivity contribution in [1.82, 2.24) is 9.97 Å². The molecule has 18 heavy (non-hydrogen) atoms. The third kappa shape index (κ3) is 2.54. The van der Waals surface area contributed by atoms with Crippen molar-refractivity contribution in [2.45, 2.75) is 13.3 Å². The number of para-hydroxylation sites is 1. The maximum atomic E-state index is 6.12. The van der Waals surface area contributed by atoms with E-state index in [4.69, 9.17) is 11.6 Å². The van der Waals surface area contributed by atoms with Gasteiger partial charge < -0.3 is 10.6 Å². The molecule has 1 aromatic heterocycles. The van der Waals surface area contributed by atoms with Crippen LogP contribution in [-0.2, 0) is 6.42 Å². The van der Waals surface area contributed by atoms with Crippen LogP contribution in [0.25, 0.3) is 0 Å². The highest BCUT2D eigenvalue weighted by Crippen LogP contribution is 2.27. The Morgan fingerprint density at radius 2 is 1.89 bits per heavy atom. The van der Waals surface area contributed by atoms with Gasteiger partial charge in [-0.1, -0.05) is 30.7 Å². The summed E-state index contributed by atoms with van der Waals surface area (Å²) in [5.41, 5.74) is 1.88. The summed E-state index contributed by atoms with van der Waals surface area (Å²) in [4.78, 5) is 8.47. The highest BCUT2D eigenvalue weighted by molar-refractivity contribution is 6.33. The molecule has 0 atom stereocenters. The molecule has 0 unspecified atom stereocenters. The van der Waals surface area contributed by atoms with Crippen molar-refractivity contribution in [2.24, 2.45) is 0 Å². The molecule has 0 bridgehead atoms. The lowest BCUT2D eigenvalue weighted by Gasteiger charge is -2.13. The van der Waals surface area contributed by atoms with Gasteiger partial charge >= 0.3 is 0 Å². The topological polar surface area (TPSA) is 49.8 Å². The summed E-state index contributed by atoms with van der Waals surface area (Å²) >= 11 is 6.12. The third-order valence-electron chi connectivity index (χ3n) is 2.66. The Labute approximate surface area is 111 Å². The second-order valence-corrected chi connectivity index (χ2v) is 4.17. The Hall–Kier alpha value is -1.81. The Morgan fingerprint density at radius 1 is 1.17 bits per heavy atom. The van der Waals surface area contributed by atoms with E-state index in [1.165, 1.54) is 6.33 Å². The lowest BCUT2D eigenvalue weighted by atomic mass is 10.2. The van der Waals surface area contributed by atoms with Crippen LogP contribution in [0, 0.1) is 0 Å². The number of aromatic nitrogens is 2. The van der Waals surface area contributed by atoms with Crippen LogP contribution >= 0.6 is 11.6 Å². The maximum absolute atomic E-state index is 6.12. The Bertz CT molecular complexity index is 542. The minimum atomic E-state index is 0.671. The molecule has 2 aromatic rings. The quantitative estimate of drug-likeness (QED) is 0.886. The standard InChI is InChI=1S/C13H15ClN4/c1-3-9-12(15-2)16-8-17-13(9)18-11-7-5-4-6-10(11)14/h4-8H,3H2,1-2H3,(H2,15,16,17,18). The summed E-state index contributed by atoms with van der Waals surface area (Å²) in [6.45, 7) is 2.07. The van der Waals surface area contributed by atoms with E-state index in [-0.39, 0.29) is 0 Å². The van der Waals surface area contributed by atoms with E-state index in [9.17, 15) is 0 Å². The number of anilines is 3. The molecule has 5 heteroatoms. The molecule has 2 rings (SSSR count). The number of rotatable bonds is 4. The number of nitrogens with one attached hydrogen (secondary N) is 2. The first-order valence-electron chi connectivity index (χ1n) is 5.79. The molecule has 0 saturated heterocycles. The summed E-state index contributed by atoms with van der Waals surface area (Å²) in [5, 5.41) is 6.98. The summed E-state index contributed by atoms with van der Waals surface area (Å²) < 4.78 is 0. The molecule has 0 saturated carbocycles. The fourth-order valence-corrected chi connectivity index (χ4v) is 1.94. The highest BCUT2D eigenvalue weighted by atomic mass is 35.5. The van der Waals surface area contributed by atoms with Crippen molar-refractivity contribution in [2.75, 3.05) is 17.7 Å². The molecular formula is C13H15ClN4. The van der Waals surface area contributed by atoms with Crippen LogP contribution in [-0.4, -0.2) is 17.0 Å². The molecule has 0 aliphatic rings. The van der Waals surface area contributed by atoms with Gasteiger partial charge in [0.05, 0.1) is 10.7 Å². The van der Waals surface area contributed by atoms with Gasteiger partial charge in [-0.2, -0.15) is 0 Å². The van der Waals surface area contributed by atoms with Gasteiger partial charge in [0, 0.05) is 12.6 Å². The van der Waals surface area contributed by atoms with E-state index in [1.807, 2.05) is 31.3 Å².